The van der Waals surface area contributed by atoms with E-state index in [-0.39, 0.29) is 22.8 Å². The van der Waals surface area contributed by atoms with E-state index in [0.717, 1.165) is 10.0 Å². The fourth-order valence-corrected chi connectivity index (χ4v) is 6.85. The molecular formula is C12H13NO2S3. The lowest BCUT2D eigenvalue weighted by atomic mass is 10.1. The molecule has 3 nitrogen and oxygen atoms in total. The van der Waals surface area contributed by atoms with Crippen molar-refractivity contribution in [1.82, 2.24) is 0 Å². The first kappa shape index (κ1) is 12.4. The predicted octanol–water partition coefficient (Wildman–Crippen LogP) is 2.00. The lowest BCUT2D eigenvalue weighted by molar-refractivity contribution is 0.601. The Kier molecular flexibility index (Phi) is 2.91. The summed E-state index contributed by atoms with van der Waals surface area (Å²) in [4.78, 5) is 2.01. The second kappa shape index (κ2) is 4.21. The Balaban J connectivity index is 1.96. The summed E-state index contributed by atoms with van der Waals surface area (Å²) >= 11 is 6.90. The molecule has 6 heteroatoms. The Labute approximate surface area is 116 Å². The molecule has 96 valence electrons. The Morgan fingerprint density at radius 1 is 1.28 bits per heavy atom. The second-order valence-corrected chi connectivity index (χ2v) is 8.80. The first-order valence-electron chi connectivity index (χ1n) is 5.73. The van der Waals surface area contributed by atoms with E-state index < -0.39 is 9.84 Å². The third kappa shape index (κ3) is 2.06. The molecule has 2 aliphatic heterocycles. The third-order valence-electron chi connectivity index (χ3n) is 3.36. The Hall–Kier alpha value is -0.590. The maximum Gasteiger partial charge on any atom is 0.153 e. The lowest BCUT2D eigenvalue weighted by Gasteiger charge is -2.24. The Morgan fingerprint density at radius 3 is 2.61 bits per heavy atom. The van der Waals surface area contributed by atoms with Crippen LogP contribution in [0.25, 0.3) is 0 Å². The Bertz CT molecular complexity index is 594. The number of rotatable bonds is 1. The molecule has 2 aliphatic rings. The van der Waals surface area contributed by atoms with Crippen LogP contribution in [0.15, 0.2) is 24.3 Å². The predicted molar refractivity (Wildman–Crippen MR) is 80.1 cm³/mol. The highest BCUT2D eigenvalue weighted by Crippen LogP contribution is 2.40. The minimum Gasteiger partial charge on any atom is -0.322 e. The van der Waals surface area contributed by atoms with Crippen molar-refractivity contribution in [3.05, 3.63) is 29.8 Å². The largest absolute Gasteiger partial charge is 0.322 e. The fraction of sp³-hybridized carbons (Fsp3) is 0.417. The van der Waals surface area contributed by atoms with Crippen LogP contribution in [0.3, 0.4) is 0 Å². The van der Waals surface area contributed by atoms with Gasteiger partial charge in [0.1, 0.15) is 4.32 Å². The van der Waals surface area contributed by atoms with Gasteiger partial charge in [0.2, 0.25) is 0 Å². The molecule has 2 heterocycles. The van der Waals surface area contributed by atoms with Gasteiger partial charge in [0.15, 0.2) is 9.84 Å². The van der Waals surface area contributed by atoms with Gasteiger partial charge >= 0.3 is 0 Å². The van der Waals surface area contributed by atoms with Gasteiger partial charge in [-0.05, 0) is 19.1 Å². The summed E-state index contributed by atoms with van der Waals surface area (Å²) in [6.07, 6.45) is 0. The van der Waals surface area contributed by atoms with Gasteiger partial charge in [0.05, 0.1) is 17.5 Å². The Morgan fingerprint density at radius 2 is 1.94 bits per heavy atom. The number of thioether (sulfide) groups is 1. The zero-order valence-corrected chi connectivity index (χ0v) is 12.3. The van der Waals surface area contributed by atoms with Crippen molar-refractivity contribution in [3.8, 4) is 0 Å². The number of hydrogen-bond acceptors (Lipinski definition) is 4. The SMILES string of the molecule is Cc1ccc(N2C(=S)S[C@H]3CS(=O)(=O)C[C@H]32)cc1. The molecule has 0 aromatic heterocycles. The summed E-state index contributed by atoms with van der Waals surface area (Å²) in [6, 6.07) is 8.08. The molecule has 0 spiro atoms. The maximum absolute atomic E-state index is 11.7. The summed E-state index contributed by atoms with van der Waals surface area (Å²) in [5.74, 6) is 0.476. The monoisotopic (exact) mass is 299 g/mol. The van der Waals surface area contributed by atoms with Crippen LogP contribution < -0.4 is 4.90 Å². The van der Waals surface area contributed by atoms with E-state index in [1.165, 1.54) is 17.3 Å². The zero-order chi connectivity index (χ0) is 12.9. The summed E-state index contributed by atoms with van der Waals surface area (Å²) in [6.45, 7) is 2.03. The average Bonchev–Trinajstić information content (AvgIpc) is 2.70. The quantitative estimate of drug-likeness (QED) is 0.742. The van der Waals surface area contributed by atoms with Crippen LogP contribution in [0.2, 0.25) is 0 Å². The molecule has 2 atom stereocenters. The van der Waals surface area contributed by atoms with Gasteiger partial charge in [0.25, 0.3) is 0 Å². The number of thiocarbonyl (C=S) groups is 1. The summed E-state index contributed by atoms with van der Waals surface area (Å²) < 4.78 is 24.2. The van der Waals surface area contributed by atoms with Gasteiger partial charge in [-0.15, -0.1) is 0 Å². The minimum atomic E-state index is -2.90. The highest BCUT2D eigenvalue weighted by Gasteiger charge is 2.48. The lowest BCUT2D eigenvalue weighted by Crippen LogP contribution is -2.36. The molecule has 0 radical (unpaired) electrons. The number of benzene rings is 1. The van der Waals surface area contributed by atoms with Crippen LogP contribution in [-0.2, 0) is 9.84 Å². The molecule has 18 heavy (non-hydrogen) atoms. The zero-order valence-electron chi connectivity index (χ0n) is 9.87. The number of anilines is 1. The van der Waals surface area contributed by atoms with Crippen LogP contribution in [0.5, 0.6) is 0 Å². The van der Waals surface area contributed by atoms with E-state index in [9.17, 15) is 8.42 Å². The van der Waals surface area contributed by atoms with Gasteiger partial charge in [-0.25, -0.2) is 8.42 Å². The third-order valence-corrected chi connectivity index (χ3v) is 6.96. The van der Waals surface area contributed by atoms with Crippen molar-refractivity contribution >= 4 is 43.8 Å². The second-order valence-electron chi connectivity index (χ2n) is 4.77. The van der Waals surface area contributed by atoms with Crippen molar-refractivity contribution in [3.63, 3.8) is 0 Å². The van der Waals surface area contributed by atoms with Crippen LogP contribution in [0.1, 0.15) is 5.56 Å². The van der Waals surface area contributed by atoms with Gasteiger partial charge in [0, 0.05) is 10.9 Å². The number of hydrogen-bond donors (Lipinski definition) is 0. The topological polar surface area (TPSA) is 37.4 Å². The van der Waals surface area contributed by atoms with Gasteiger partial charge in [-0.2, -0.15) is 0 Å². The average molecular weight is 299 g/mol. The molecular weight excluding hydrogens is 286 g/mol. The first-order chi connectivity index (χ1) is 8.46. The molecule has 0 aliphatic carbocycles. The van der Waals surface area contributed by atoms with Crippen LogP contribution >= 0.6 is 24.0 Å². The minimum absolute atomic E-state index is 0.00945. The van der Waals surface area contributed by atoms with E-state index >= 15 is 0 Å². The van der Waals surface area contributed by atoms with E-state index in [4.69, 9.17) is 12.2 Å². The number of sulfone groups is 1. The molecule has 0 unspecified atom stereocenters. The van der Waals surface area contributed by atoms with Gasteiger partial charge < -0.3 is 4.90 Å². The number of fused-ring (bicyclic) bond motifs is 1. The highest BCUT2D eigenvalue weighted by molar-refractivity contribution is 8.24. The maximum atomic E-state index is 11.7. The molecule has 2 fully saturated rings. The van der Waals surface area contributed by atoms with Crippen LogP contribution in [0.4, 0.5) is 5.69 Å². The molecule has 0 N–H and O–H groups in total. The van der Waals surface area contributed by atoms with E-state index in [0.29, 0.717) is 0 Å². The molecule has 3 rings (SSSR count). The standard InChI is InChI=1S/C12H13NO2S3/c1-8-2-4-9(5-3-8)13-10-6-18(14,15)7-11(10)17-12(13)16/h2-5,10-11H,6-7H2,1H3/t10-,11+/m1/s1. The molecule has 2 saturated heterocycles. The fourth-order valence-electron chi connectivity index (χ4n) is 2.47. The van der Waals surface area contributed by atoms with Gasteiger partial charge in [-0.3, -0.25) is 0 Å². The van der Waals surface area contributed by atoms with Crippen LogP contribution in [-0.4, -0.2) is 35.5 Å². The molecule has 1 aromatic carbocycles. The van der Waals surface area contributed by atoms with Gasteiger partial charge in [-0.1, -0.05) is 41.7 Å². The van der Waals surface area contributed by atoms with Crippen molar-refractivity contribution in [2.75, 3.05) is 16.4 Å². The van der Waals surface area contributed by atoms with E-state index in [1.54, 1.807) is 0 Å². The first-order valence-corrected chi connectivity index (χ1v) is 8.84. The van der Waals surface area contributed by atoms with Crippen molar-refractivity contribution in [1.29, 1.82) is 0 Å². The smallest absolute Gasteiger partial charge is 0.153 e. The number of aryl methyl sites for hydroxylation is 1. The van der Waals surface area contributed by atoms with Crippen molar-refractivity contribution in [2.45, 2.75) is 18.2 Å². The molecule has 1 aromatic rings. The van der Waals surface area contributed by atoms with Crippen LogP contribution in [0, 0.1) is 6.92 Å². The van der Waals surface area contributed by atoms with E-state index in [1.807, 2.05) is 36.1 Å². The van der Waals surface area contributed by atoms with Crippen molar-refractivity contribution < 1.29 is 8.42 Å². The molecule has 0 bridgehead atoms. The summed E-state index contributed by atoms with van der Waals surface area (Å²) in [5, 5.41) is 0.101. The highest BCUT2D eigenvalue weighted by atomic mass is 32.2. The number of nitrogens with zero attached hydrogens (tertiary/aromatic N) is 1. The normalized spacial score (nSPS) is 29.6. The van der Waals surface area contributed by atoms with Crippen molar-refractivity contribution in [2.24, 2.45) is 0 Å². The summed E-state index contributed by atoms with van der Waals surface area (Å²) in [7, 11) is -2.90. The molecule has 0 saturated carbocycles. The summed E-state index contributed by atoms with van der Waals surface area (Å²) in [5.41, 5.74) is 2.19. The molecule has 0 amide bonds. The van der Waals surface area contributed by atoms with E-state index in [2.05, 4.69) is 0 Å².